The van der Waals surface area contributed by atoms with Crippen LogP contribution in [0.4, 0.5) is 0 Å². The molecule has 0 saturated carbocycles. The van der Waals surface area contributed by atoms with Gasteiger partial charge in [0.2, 0.25) is 23.6 Å². The zero-order valence-electron chi connectivity index (χ0n) is 19.6. The minimum atomic E-state index is -1.72. The van der Waals surface area contributed by atoms with E-state index in [1.54, 1.807) is 30.3 Å². The van der Waals surface area contributed by atoms with E-state index in [0.717, 1.165) is 0 Å². The molecule has 1 aromatic rings. The van der Waals surface area contributed by atoms with Crippen molar-refractivity contribution in [3.8, 4) is 0 Å². The van der Waals surface area contributed by atoms with Gasteiger partial charge in [-0.3, -0.25) is 24.0 Å². The summed E-state index contributed by atoms with van der Waals surface area (Å²) in [4.78, 5) is 72.0. The van der Waals surface area contributed by atoms with Gasteiger partial charge in [-0.2, -0.15) is 11.8 Å². The lowest BCUT2D eigenvalue weighted by molar-refractivity contribution is -0.144. The van der Waals surface area contributed by atoms with Crippen molar-refractivity contribution in [2.24, 2.45) is 11.5 Å². The second-order valence-corrected chi connectivity index (χ2v) is 8.85. The fraction of sp³-hybridized carbons (Fsp3) is 0.455. The fourth-order valence-electron chi connectivity index (χ4n) is 3.04. The van der Waals surface area contributed by atoms with Crippen molar-refractivity contribution in [2.75, 3.05) is 12.0 Å². The number of hydrogen-bond acceptors (Lipinski definition) is 8. The lowest BCUT2D eigenvalue weighted by Gasteiger charge is -2.24. The minimum absolute atomic E-state index is 0.00843. The van der Waals surface area contributed by atoms with Crippen LogP contribution < -0.4 is 27.4 Å². The number of hydrogen-bond donors (Lipinski definition) is 7. The normalized spacial score (nSPS) is 13.9. The van der Waals surface area contributed by atoms with E-state index in [1.807, 2.05) is 11.6 Å². The molecular formula is C22H31N5O8S. The van der Waals surface area contributed by atoms with Gasteiger partial charge in [0.25, 0.3) is 0 Å². The van der Waals surface area contributed by atoms with Crippen molar-refractivity contribution in [1.29, 1.82) is 0 Å². The molecule has 0 aliphatic heterocycles. The average Bonchev–Trinajstić information content (AvgIpc) is 2.80. The molecule has 0 saturated heterocycles. The van der Waals surface area contributed by atoms with Crippen molar-refractivity contribution >= 4 is 47.3 Å². The highest BCUT2D eigenvalue weighted by Gasteiger charge is 2.32. The number of amides is 4. The van der Waals surface area contributed by atoms with Gasteiger partial charge in [-0.15, -0.1) is 0 Å². The molecule has 0 aliphatic rings. The Bertz CT molecular complexity index is 946. The molecule has 9 N–H and O–H groups in total. The molecule has 4 amide bonds. The van der Waals surface area contributed by atoms with E-state index >= 15 is 0 Å². The number of thioether (sulfide) groups is 1. The maximum absolute atomic E-state index is 13.1. The number of primary amides is 1. The highest BCUT2D eigenvalue weighted by Crippen LogP contribution is 2.07. The molecular weight excluding hydrogens is 494 g/mol. The second-order valence-electron chi connectivity index (χ2n) is 7.87. The van der Waals surface area contributed by atoms with Crippen LogP contribution in [0.3, 0.4) is 0 Å². The predicted molar refractivity (Wildman–Crippen MR) is 131 cm³/mol. The third kappa shape index (κ3) is 11.2. The molecule has 0 aliphatic carbocycles. The smallest absolute Gasteiger partial charge is 0.326 e. The Balaban J connectivity index is 3.10. The number of nitrogens with two attached hydrogens (primary N) is 2. The fourth-order valence-corrected chi connectivity index (χ4v) is 3.53. The first-order valence-corrected chi connectivity index (χ1v) is 12.3. The summed E-state index contributed by atoms with van der Waals surface area (Å²) in [5.74, 6) is -6.07. The van der Waals surface area contributed by atoms with Crippen molar-refractivity contribution in [3.05, 3.63) is 35.9 Å². The van der Waals surface area contributed by atoms with Gasteiger partial charge in [0, 0.05) is 6.42 Å². The maximum atomic E-state index is 13.1. The van der Waals surface area contributed by atoms with Gasteiger partial charge in [-0.25, -0.2) is 4.79 Å². The van der Waals surface area contributed by atoms with Gasteiger partial charge in [-0.05, 0) is 24.0 Å². The molecule has 0 heterocycles. The van der Waals surface area contributed by atoms with Crippen LogP contribution in [0.5, 0.6) is 0 Å². The van der Waals surface area contributed by atoms with Crippen LogP contribution in [0, 0.1) is 0 Å². The lowest BCUT2D eigenvalue weighted by Crippen LogP contribution is -2.58. The van der Waals surface area contributed by atoms with Crippen LogP contribution in [0.2, 0.25) is 0 Å². The molecule has 4 unspecified atom stereocenters. The maximum Gasteiger partial charge on any atom is 0.326 e. The first kappa shape index (κ1) is 30.4. The minimum Gasteiger partial charge on any atom is -0.481 e. The average molecular weight is 526 g/mol. The van der Waals surface area contributed by atoms with Crippen LogP contribution in [-0.4, -0.2) is 82.0 Å². The summed E-state index contributed by atoms with van der Waals surface area (Å²) in [6, 6.07) is 3.09. The number of carboxylic acids is 2. The van der Waals surface area contributed by atoms with Gasteiger partial charge in [-0.1, -0.05) is 30.3 Å². The highest BCUT2D eigenvalue weighted by atomic mass is 32.2. The summed E-state index contributed by atoms with van der Waals surface area (Å²) in [5, 5.41) is 25.2. The van der Waals surface area contributed by atoms with E-state index in [1.165, 1.54) is 11.8 Å². The van der Waals surface area contributed by atoms with E-state index in [2.05, 4.69) is 10.6 Å². The molecule has 36 heavy (non-hydrogen) atoms. The molecule has 0 radical (unpaired) electrons. The predicted octanol–water partition coefficient (Wildman–Crippen LogP) is -1.80. The Morgan fingerprint density at radius 3 is 1.94 bits per heavy atom. The summed E-state index contributed by atoms with van der Waals surface area (Å²) in [7, 11) is 0. The number of carbonyl (C=O) groups is 6. The molecule has 0 fully saturated rings. The van der Waals surface area contributed by atoms with E-state index in [9.17, 15) is 39.0 Å². The molecule has 0 spiro atoms. The van der Waals surface area contributed by atoms with Crippen LogP contribution >= 0.6 is 11.8 Å². The van der Waals surface area contributed by atoms with Crippen LogP contribution in [-0.2, 0) is 35.2 Å². The Kier molecular flexibility index (Phi) is 13.0. The molecule has 4 atom stereocenters. The number of rotatable bonds is 16. The van der Waals surface area contributed by atoms with Gasteiger partial charge < -0.3 is 37.6 Å². The van der Waals surface area contributed by atoms with Crippen LogP contribution in [0.1, 0.15) is 24.8 Å². The lowest BCUT2D eigenvalue weighted by atomic mass is 10.0. The van der Waals surface area contributed by atoms with Crippen molar-refractivity contribution in [1.82, 2.24) is 16.0 Å². The van der Waals surface area contributed by atoms with E-state index in [4.69, 9.17) is 11.5 Å². The summed E-state index contributed by atoms with van der Waals surface area (Å²) >= 11 is 1.49. The molecule has 1 rings (SSSR count). The van der Waals surface area contributed by atoms with Gasteiger partial charge in [0.1, 0.15) is 18.1 Å². The molecule has 14 heteroatoms. The summed E-state index contributed by atoms with van der Waals surface area (Å²) in [6.45, 7) is 0. The first-order valence-electron chi connectivity index (χ1n) is 10.9. The zero-order valence-corrected chi connectivity index (χ0v) is 20.5. The SMILES string of the molecule is CSCCC(N)C(=O)NC(Cc1ccccc1)C(=O)NC(CC(=O)O)C(=O)NC(CC(N)=O)C(=O)O. The highest BCUT2D eigenvalue weighted by molar-refractivity contribution is 7.98. The first-order chi connectivity index (χ1) is 16.9. The quantitative estimate of drug-likeness (QED) is 0.128. The number of aliphatic carboxylic acids is 2. The molecule has 13 nitrogen and oxygen atoms in total. The Morgan fingerprint density at radius 1 is 0.861 bits per heavy atom. The third-order valence-electron chi connectivity index (χ3n) is 4.92. The summed E-state index contributed by atoms with van der Waals surface area (Å²) in [6.07, 6.45) is 0.582. The Labute approximate surface area is 211 Å². The number of carboxylic acid groups (broad SMARTS) is 2. The van der Waals surface area contributed by atoms with Crippen molar-refractivity contribution < 1.29 is 39.0 Å². The largest absolute Gasteiger partial charge is 0.481 e. The summed E-state index contributed by atoms with van der Waals surface area (Å²) in [5.41, 5.74) is 11.5. The van der Waals surface area contributed by atoms with E-state index in [-0.39, 0.29) is 6.42 Å². The standard InChI is InChI=1S/C22H31N5O8S/c1-36-8-7-13(23)19(31)25-14(9-12-5-3-2-4-6-12)20(32)26-15(11-18(29)30)21(33)27-16(22(34)35)10-17(24)28/h2-6,13-16H,7-11,23H2,1H3,(H2,24,28)(H,25,31)(H,26,32)(H,27,33)(H,29,30)(H,34,35). The number of benzene rings is 1. The monoisotopic (exact) mass is 525 g/mol. The zero-order chi connectivity index (χ0) is 27.3. The third-order valence-corrected chi connectivity index (χ3v) is 5.56. The van der Waals surface area contributed by atoms with Gasteiger partial charge in [0.05, 0.1) is 18.9 Å². The van der Waals surface area contributed by atoms with Crippen molar-refractivity contribution in [2.45, 2.75) is 49.9 Å². The molecule has 198 valence electrons. The Hall–Kier alpha value is -3.65. The van der Waals surface area contributed by atoms with Crippen molar-refractivity contribution in [3.63, 3.8) is 0 Å². The Morgan fingerprint density at radius 2 is 1.42 bits per heavy atom. The number of nitrogens with one attached hydrogen (secondary N) is 3. The molecule has 1 aromatic carbocycles. The van der Waals surface area contributed by atoms with E-state index < -0.39 is 72.6 Å². The van der Waals surface area contributed by atoms with Gasteiger partial charge >= 0.3 is 11.9 Å². The van der Waals surface area contributed by atoms with Crippen LogP contribution in [0.25, 0.3) is 0 Å². The molecule has 0 bridgehead atoms. The second kappa shape index (κ2) is 15.4. The molecule has 0 aromatic heterocycles. The van der Waals surface area contributed by atoms with Gasteiger partial charge in [0.15, 0.2) is 0 Å². The van der Waals surface area contributed by atoms with E-state index in [0.29, 0.717) is 17.7 Å². The number of carbonyl (C=O) groups excluding carboxylic acids is 4. The topological polar surface area (TPSA) is 231 Å². The summed E-state index contributed by atoms with van der Waals surface area (Å²) < 4.78 is 0. The van der Waals surface area contributed by atoms with Crippen LogP contribution in [0.15, 0.2) is 30.3 Å².